The Labute approximate surface area is 126 Å². The van der Waals surface area contributed by atoms with Crippen LogP contribution in [0, 0.1) is 17.8 Å². The molecule has 118 valence electrons. The van der Waals surface area contributed by atoms with E-state index in [1.165, 1.54) is 71.1 Å². The molecule has 0 aromatic carbocycles. The van der Waals surface area contributed by atoms with Gasteiger partial charge in [0, 0.05) is 19.1 Å². The highest BCUT2D eigenvalue weighted by Crippen LogP contribution is 2.36. The third kappa shape index (κ3) is 4.46. The van der Waals surface area contributed by atoms with E-state index < -0.39 is 0 Å². The van der Waals surface area contributed by atoms with Gasteiger partial charge in [-0.1, -0.05) is 46.5 Å². The van der Waals surface area contributed by atoms with Crippen molar-refractivity contribution >= 4 is 0 Å². The van der Waals surface area contributed by atoms with Gasteiger partial charge in [0.05, 0.1) is 0 Å². The average molecular weight is 280 g/mol. The van der Waals surface area contributed by atoms with Crippen molar-refractivity contribution in [1.82, 2.24) is 10.2 Å². The summed E-state index contributed by atoms with van der Waals surface area (Å²) in [5.41, 5.74) is 0. The van der Waals surface area contributed by atoms with E-state index in [4.69, 9.17) is 0 Å². The Morgan fingerprint density at radius 1 is 1.10 bits per heavy atom. The fourth-order valence-electron chi connectivity index (χ4n) is 4.18. The molecule has 2 fully saturated rings. The molecule has 1 heterocycles. The molecule has 1 saturated carbocycles. The summed E-state index contributed by atoms with van der Waals surface area (Å²) in [6.45, 7) is 12.2. The molecule has 1 aliphatic carbocycles. The molecule has 1 saturated heterocycles. The van der Waals surface area contributed by atoms with Crippen LogP contribution in [-0.4, -0.2) is 37.1 Å². The van der Waals surface area contributed by atoms with Crippen LogP contribution in [0.4, 0.5) is 0 Å². The predicted molar refractivity (Wildman–Crippen MR) is 88.0 cm³/mol. The fraction of sp³-hybridized carbons (Fsp3) is 1.00. The molecule has 0 aromatic heterocycles. The van der Waals surface area contributed by atoms with Gasteiger partial charge in [-0.25, -0.2) is 0 Å². The predicted octanol–water partition coefficient (Wildman–Crippen LogP) is 3.91. The Balaban J connectivity index is 1.83. The van der Waals surface area contributed by atoms with E-state index in [1.807, 2.05) is 0 Å². The van der Waals surface area contributed by atoms with Crippen molar-refractivity contribution in [1.29, 1.82) is 0 Å². The molecule has 2 heteroatoms. The normalized spacial score (nSPS) is 30.8. The first kappa shape index (κ1) is 16.3. The van der Waals surface area contributed by atoms with Crippen LogP contribution in [0.5, 0.6) is 0 Å². The van der Waals surface area contributed by atoms with E-state index in [0.29, 0.717) is 6.04 Å². The van der Waals surface area contributed by atoms with Gasteiger partial charge in [-0.2, -0.15) is 0 Å². The standard InChI is InChI=1S/C18H36N2/c1-4-11-19-18(15(3)5-2)14-20-12-10-16-8-6-7-9-17(16)13-20/h15-19H,4-14H2,1-3H3. The monoisotopic (exact) mass is 280 g/mol. The summed E-state index contributed by atoms with van der Waals surface area (Å²) in [6.07, 6.45) is 10.00. The highest BCUT2D eigenvalue weighted by molar-refractivity contribution is 4.86. The smallest absolute Gasteiger partial charge is 0.0220 e. The highest BCUT2D eigenvalue weighted by atomic mass is 15.2. The van der Waals surface area contributed by atoms with E-state index in [2.05, 4.69) is 31.0 Å². The van der Waals surface area contributed by atoms with Crippen molar-refractivity contribution in [3.05, 3.63) is 0 Å². The first-order valence-corrected chi connectivity index (χ1v) is 9.20. The SMILES string of the molecule is CCCNC(CN1CCC2CCCCC2C1)C(C)CC. The maximum absolute atomic E-state index is 3.80. The minimum absolute atomic E-state index is 0.695. The minimum Gasteiger partial charge on any atom is -0.312 e. The lowest BCUT2D eigenvalue weighted by molar-refractivity contribution is 0.0742. The summed E-state index contributed by atoms with van der Waals surface area (Å²) in [6, 6.07) is 0.695. The maximum atomic E-state index is 3.80. The summed E-state index contributed by atoms with van der Waals surface area (Å²) in [5, 5.41) is 3.80. The Morgan fingerprint density at radius 2 is 1.85 bits per heavy atom. The molecular formula is C18H36N2. The zero-order valence-corrected chi connectivity index (χ0v) is 14.0. The molecule has 4 unspecified atom stereocenters. The molecule has 4 atom stereocenters. The maximum Gasteiger partial charge on any atom is 0.0220 e. The topological polar surface area (TPSA) is 15.3 Å². The fourth-order valence-corrected chi connectivity index (χ4v) is 4.18. The second-order valence-electron chi connectivity index (χ2n) is 7.30. The van der Waals surface area contributed by atoms with Gasteiger partial charge in [-0.05, 0) is 50.1 Å². The zero-order chi connectivity index (χ0) is 14.4. The molecule has 0 radical (unpaired) electrons. The summed E-state index contributed by atoms with van der Waals surface area (Å²) in [7, 11) is 0. The number of likely N-dealkylation sites (tertiary alicyclic amines) is 1. The lowest BCUT2D eigenvalue weighted by Gasteiger charge is -2.43. The van der Waals surface area contributed by atoms with Gasteiger partial charge in [0.15, 0.2) is 0 Å². The molecule has 0 spiro atoms. The number of nitrogens with zero attached hydrogens (tertiary/aromatic N) is 1. The molecule has 2 nitrogen and oxygen atoms in total. The Kier molecular flexibility index (Phi) is 6.83. The van der Waals surface area contributed by atoms with Crippen molar-refractivity contribution < 1.29 is 0 Å². The number of piperidine rings is 1. The molecular weight excluding hydrogens is 244 g/mol. The van der Waals surface area contributed by atoms with Crippen molar-refractivity contribution in [3.8, 4) is 0 Å². The molecule has 2 aliphatic rings. The lowest BCUT2D eigenvalue weighted by Crippen LogP contribution is -2.50. The Morgan fingerprint density at radius 3 is 2.55 bits per heavy atom. The summed E-state index contributed by atoms with van der Waals surface area (Å²) in [5.74, 6) is 2.87. The van der Waals surface area contributed by atoms with Gasteiger partial charge in [0.1, 0.15) is 0 Å². The third-order valence-electron chi connectivity index (χ3n) is 5.82. The van der Waals surface area contributed by atoms with Crippen molar-refractivity contribution in [2.45, 2.75) is 71.8 Å². The van der Waals surface area contributed by atoms with Gasteiger partial charge in [0.25, 0.3) is 0 Å². The van der Waals surface area contributed by atoms with E-state index in [1.54, 1.807) is 0 Å². The van der Waals surface area contributed by atoms with E-state index in [9.17, 15) is 0 Å². The van der Waals surface area contributed by atoms with Crippen LogP contribution < -0.4 is 5.32 Å². The van der Waals surface area contributed by atoms with Gasteiger partial charge >= 0.3 is 0 Å². The Bertz CT molecular complexity index is 266. The third-order valence-corrected chi connectivity index (χ3v) is 5.82. The first-order chi connectivity index (χ1) is 9.74. The Hall–Kier alpha value is -0.0800. The van der Waals surface area contributed by atoms with E-state index in [0.717, 1.165) is 17.8 Å². The number of hydrogen-bond donors (Lipinski definition) is 1. The number of hydrogen-bond acceptors (Lipinski definition) is 2. The summed E-state index contributed by atoms with van der Waals surface area (Å²) >= 11 is 0. The molecule has 0 bridgehead atoms. The van der Waals surface area contributed by atoms with Gasteiger partial charge in [0.2, 0.25) is 0 Å². The molecule has 2 rings (SSSR count). The quantitative estimate of drug-likeness (QED) is 0.760. The minimum atomic E-state index is 0.695. The van der Waals surface area contributed by atoms with Crippen molar-refractivity contribution in [2.24, 2.45) is 17.8 Å². The zero-order valence-electron chi connectivity index (χ0n) is 14.0. The van der Waals surface area contributed by atoms with Crippen LogP contribution in [0.3, 0.4) is 0 Å². The molecule has 0 amide bonds. The van der Waals surface area contributed by atoms with Crippen LogP contribution in [0.15, 0.2) is 0 Å². The van der Waals surface area contributed by atoms with E-state index >= 15 is 0 Å². The van der Waals surface area contributed by atoms with Crippen molar-refractivity contribution in [2.75, 3.05) is 26.2 Å². The van der Waals surface area contributed by atoms with Crippen molar-refractivity contribution in [3.63, 3.8) is 0 Å². The summed E-state index contributed by atoms with van der Waals surface area (Å²) < 4.78 is 0. The average Bonchev–Trinajstić information content (AvgIpc) is 2.50. The second-order valence-corrected chi connectivity index (χ2v) is 7.30. The number of nitrogens with one attached hydrogen (secondary N) is 1. The van der Waals surface area contributed by atoms with Gasteiger partial charge in [-0.3, -0.25) is 0 Å². The van der Waals surface area contributed by atoms with E-state index in [-0.39, 0.29) is 0 Å². The van der Waals surface area contributed by atoms with Crippen LogP contribution in [0.1, 0.15) is 65.7 Å². The summed E-state index contributed by atoms with van der Waals surface area (Å²) in [4.78, 5) is 2.77. The second kappa shape index (κ2) is 8.38. The van der Waals surface area contributed by atoms with Gasteiger partial charge in [-0.15, -0.1) is 0 Å². The van der Waals surface area contributed by atoms with Crippen LogP contribution in [0.25, 0.3) is 0 Å². The van der Waals surface area contributed by atoms with Crippen LogP contribution in [-0.2, 0) is 0 Å². The molecule has 1 N–H and O–H groups in total. The van der Waals surface area contributed by atoms with Crippen LogP contribution in [0.2, 0.25) is 0 Å². The highest BCUT2D eigenvalue weighted by Gasteiger charge is 2.32. The lowest BCUT2D eigenvalue weighted by atomic mass is 9.75. The number of fused-ring (bicyclic) bond motifs is 1. The number of rotatable bonds is 7. The van der Waals surface area contributed by atoms with Gasteiger partial charge < -0.3 is 10.2 Å². The largest absolute Gasteiger partial charge is 0.312 e. The van der Waals surface area contributed by atoms with Crippen LogP contribution >= 0.6 is 0 Å². The molecule has 0 aromatic rings. The first-order valence-electron chi connectivity index (χ1n) is 9.20. The molecule has 20 heavy (non-hydrogen) atoms. The molecule has 1 aliphatic heterocycles.